The van der Waals surface area contributed by atoms with E-state index in [0.29, 0.717) is 30.5 Å². The van der Waals surface area contributed by atoms with Crippen LogP contribution >= 0.6 is 0 Å². The van der Waals surface area contributed by atoms with Crippen molar-refractivity contribution in [3.8, 4) is 0 Å². The fraction of sp³-hybridized carbons (Fsp3) is 0.727. The smallest absolute Gasteiger partial charge is 0.303 e. The molecular formula is C22H32O3. The van der Waals surface area contributed by atoms with Crippen LogP contribution in [-0.4, -0.2) is 16.9 Å². The molecule has 0 aromatic rings. The Morgan fingerprint density at radius 1 is 1.28 bits per heavy atom. The molecule has 25 heavy (non-hydrogen) atoms. The predicted octanol–water partition coefficient (Wildman–Crippen LogP) is 5.17. The van der Waals surface area contributed by atoms with Crippen LogP contribution in [0, 0.1) is 28.1 Å². The molecule has 3 aliphatic rings. The Hall–Kier alpha value is -1.38. The van der Waals surface area contributed by atoms with Crippen LogP contribution in [0.4, 0.5) is 0 Å². The fourth-order valence-electron chi connectivity index (χ4n) is 6.37. The lowest BCUT2D eigenvalue weighted by Crippen LogP contribution is -2.51. The lowest BCUT2D eigenvalue weighted by atomic mass is 9.45. The van der Waals surface area contributed by atoms with Crippen LogP contribution < -0.4 is 0 Å². The molecule has 3 heteroatoms. The average Bonchev–Trinajstić information content (AvgIpc) is 2.77. The quantitative estimate of drug-likeness (QED) is 0.716. The number of carboxylic acid groups (broad SMARTS) is 1. The van der Waals surface area contributed by atoms with Crippen LogP contribution in [0.25, 0.3) is 0 Å². The number of carbonyl (C=O) groups is 2. The van der Waals surface area contributed by atoms with E-state index in [2.05, 4.69) is 40.3 Å². The van der Waals surface area contributed by atoms with Crippen molar-refractivity contribution in [1.82, 2.24) is 0 Å². The Balaban J connectivity index is 2.04. The van der Waals surface area contributed by atoms with Crippen molar-refractivity contribution < 1.29 is 14.7 Å². The highest BCUT2D eigenvalue weighted by Crippen LogP contribution is 2.68. The van der Waals surface area contributed by atoms with Crippen molar-refractivity contribution >= 4 is 11.8 Å². The Kier molecular flexibility index (Phi) is 4.29. The molecule has 0 bridgehead atoms. The number of carboxylic acids is 1. The third kappa shape index (κ3) is 2.45. The Bertz CT molecular complexity index is 660. The van der Waals surface area contributed by atoms with E-state index in [9.17, 15) is 14.7 Å². The Morgan fingerprint density at radius 3 is 2.56 bits per heavy atom. The minimum Gasteiger partial charge on any atom is -0.481 e. The van der Waals surface area contributed by atoms with Crippen LogP contribution in [0.2, 0.25) is 0 Å². The minimum absolute atomic E-state index is 0.0580. The van der Waals surface area contributed by atoms with E-state index < -0.39 is 5.97 Å². The molecule has 138 valence electrons. The van der Waals surface area contributed by atoms with Crippen molar-refractivity contribution in [2.24, 2.45) is 28.1 Å². The summed E-state index contributed by atoms with van der Waals surface area (Å²) in [4.78, 5) is 23.9. The number of allylic oxidation sites excluding steroid dienone is 3. The molecule has 0 heterocycles. The van der Waals surface area contributed by atoms with Crippen molar-refractivity contribution in [1.29, 1.82) is 0 Å². The average molecular weight is 344 g/mol. The highest BCUT2D eigenvalue weighted by atomic mass is 16.4. The van der Waals surface area contributed by atoms with Gasteiger partial charge in [-0.25, -0.2) is 0 Å². The molecule has 0 radical (unpaired) electrons. The van der Waals surface area contributed by atoms with Crippen LogP contribution in [0.3, 0.4) is 0 Å². The molecule has 3 nitrogen and oxygen atoms in total. The lowest BCUT2D eigenvalue weighted by molar-refractivity contribution is -0.138. The van der Waals surface area contributed by atoms with Crippen LogP contribution in [0.15, 0.2) is 23.8 Å². The topological polar surface area (TPSA) is 54.4 Å². The van der Waals surface area contributed by atoms with Gasteiger partial charge in [0.15, 0.2) is 0 Å². The van der Waals surface area contributed by atoms with Gasteiger partial charge in [-0.05, 0) is 56.3 Å². The van der Waals surface area contributed by atoms with E-state index in [4.69, 9.17) is 0 Å². The highest BCUT2D eigenvalue weighted by molar-refractivity contribution is 5.89. The van der Waals surface area contributed by atoms with Gasteiger partial charge in [0.1, 0.15) is 5.78 Å². The first-order valence-electron chi connectivity index (χ1n) is 9.67. The molecule has 2 fully saturated rings. The number of ketones is 1. The Labute approximate surface area is 151 Å². The maximum Gasteiger partial charge on any atom is 0.303 e. The second kappa shape index (κ2) is 5.82. The minimum atomic E-state index is -0.722. The molecule has 1 N–H and O–H groups in total. The van der Waals surface area contributed by atoms with E-state index in [1.54, 1.807) is 0 Å². The summed E-state index contributed by atoms with van der Waals surface area (Å²) in [5.74, 6) is 0.390. The van der Waals surface area contributed by atoms with E-state index in [1.807, 2.05) is 0 Å². The van der Waals surface area contributed by atoms with E-state index in [-0.39, 0.29) is 22.7 Å². The second-order valence-electron chi connectivity index (χ2n) is 9.37. The predicted molar refractivity (Wildman–Crippen MR) is 99.2 cm³/mol. The molecule has 3 aliphatic carbocycles. The number of Topliss-reactive ketones (excluding diaryl/α,β-unsaturated/α-hetero) is 1. The summed E-state index contributed by atoms with van der Waals surface area (Å²) >= 11 is 0. The molecule has 2 saturated carbocycles. The first-order chi connectivity index (χ1) is 11.6. The number of aliphatic carboxylic acids is 1. The largest absolute Gasteiger partial charge is 0.481 e. The normalized spacial score (nSPS) is 43.2. The van der Waals surface area contributed by atoms with Crippen LogP contribution in [0.1, 0.15) is 72.6 Å². The fourth-order valence-corrected chi connectivity index (χ4v) is 6.37. The first-order valence-corrected chi connectivity index (χ1v) is 9.67. The van der Waals surface area contributed by atoms with E-state index in [0.717, 1.165) is 31.3 Å². The van der Waals surface area contributed by atoms with Gasteiger partial charge in [-0.15, -0.1) is 0 Å². The van der Waals surface area contributed by atoms with Gasteiger partial charge in [-0.2, -0.15) is 0 Å². The van der Waals surface area contributed by atoms with Gasteiger partial charge in [-0.1, -0.05) is 44.6 Å². The van der Waals surface area contributed by atoms with Gasteiger partial charge >= 0.3 is 5.97 Å². The van der Waals surface area contributed by atoms with Crippen molar-refractivity contribution in [3.63, 3.8) is 0 Å². The second-order valence-corrected chi connectivity index (χ2v) is 9.37. The van der Waals surface area contributed by atoms with Crippen LogP contribution in [-0.2, 0) is 9.59 Å². The first kappa shape index (κ1) is 18.4. The van der Waals surface area contributed by atoms with Gasteiger partial charge in [0, 0.05) is 23.7 Å². The highest BCUT2D eigenvalue weighted by Gasteiger charge is 2.62. The Morgan fingerprint density at radius 2 is 1.96 bits per heavy atom. The summed E-state index contributed by atoms with van der Waals surface area (Å²) in [6.45, 7) is 13.0. The van der Waals surface area contributed by atoms with Crippen molar-refractivity contribution in [3.05, 3.63) is 23.8 Å². The van der Waals surface area contributed by atoms with Gasteiger partial charge in [0.25, 0.3) is 0 Å². The molecule has 0 aliphatic heterocycles. The summed E-state index contributed by atoms with van der Waals surface area (Å²) in [6, 6.07) is 0. The number of carbonyl (C=O) groups excluding carboxylic acids is 1. The van der Waals surface area contributed by atoms with Gasteiger partial charge < -0.3 is 5.11 Å². The summed E-state index contributed by atoms with van der Waals surface area (Å²) in [5.41, 5.74) is 2.22. The maximum absolute atomic E-state index is 12.6. The van der Waals surface area contributed by atoms with Gasteiger partial charge in [0.05, 0.1) is 0 Å². The third-order valence-electron chi connectivity index (χ3n) is 8.27. The molecule has 0 saturated heterocycles. The van der Waals surface area contributed by atoms with Crippen molar-refractivity contribution in [2.45, 2.75) is 72.6 Å². The standard InChI is InChI=1S/C22H32O3/c1-14(2)15-6-7-17-16(20(15,3)11-10-19(24)25)8-12-22(5)18(23)9-13-21(17,22)4/h7,15-16H,1,6,8-13H2,2-5H3,(H,24,25)/t15-,16+,20-,21-,22+/m0/s1. The number of rotatable bonds is 4. The number of hydrogen-bond donors (Lipinski definition) is 1. The summed E-state index contributed by atoms with van der Waals surface area (Å²) in [7, 11) is 0. The number of fused-ring (bicyclic) bond motifs is 3. The van der Waals surface area contributed by atoms with E-state index in [1.165, 1.54) is 5.57 Å². The summed E-state index contributed by atoms with van der Waals surface area (Å²) in [6.07, 6.45) is 7.75. The third-order valence-corrected chi connectivity index (χ3v) is 8.27. The zero-order valence-corrected chi connectivity index (χ0v) is 16.2. The van der Waals surface area contributed by atoms with Gasteiger partial charge in [0.2, 0.25) is 0 Å². The molecule has 0 spiro atoms. The molecule has 0 unspecified atom stereocenters. The lowest BCUT2D eigenvalue weighted by Gasteiger charge is -2.58. The monoisotopic (exact) mass is 344 g/mol. The zero-order valence-electron chi connectivity index (χ0n) is 16.2. The SMILES string of the molecule is C=C(C)[C@@H]1CC=C2[C@@H](CC[C@]3(C)C(=O)CC[C@@]23C)[C@@]1(C)CCC(=O)O. The van der Waals surface area contributed by atoms with Gasteiger partial charge in [-0.3, -0.25) is 9.59 Å². The molecular weight excluding hydrogens is 312 g/mol. The van der Waals surface area contributed by atoms with Crippen molar-refractivity contribution in [2.75, 3.05) is 0 Å². The molecule has 0 aromatic heterocycles. The molecule has 5 atom stereocenters. The summed E-state index contributed by atoms with van der Waals surface area (Å²) in [5, 5.41) is 9.27. The molecule has 0 aromatic carbocycles. The molecule has 3 rings (SSSR count). The number of hydrogen-bond acceptors (Lipinski definition) is 2. The zero-order chi connectivity index (χ0) is 18.6. The van der Waals surface area contributed by atoms with Crippen LogP contribution in [0.5, 0.6) is 0 Å². The van der Waals surface area contributed by atoms with E-state index >= 15 is 0 Å². The molecule has 0 amide bonds. The maximum atomic E-state index is 12.6. The summed E-state index contributed by atoms with van der Waals surface area (Å²) < 4.78 is 0.